The average Bonchev–Trinajstić information content (AvgIpc) is 2.69. The quantitative estimate of drug-likeness (QED) is 0.471. The van der Waals surface area contributed by atoms with Crippen molar-refractivity contribution in [3.8, 4) is 0 Å². The lowest BCUT2D eigenvalue weighted by atomic mass is 9.46. The van der Waals surface area contributed by atoms with Crippen molar-refractivity contribution >= 4 is 6.29 Å². The number of hydrogen-bond donors (Lipinski definition) is 1. The van der Waals surface area contributed by atoms with Crippen molar-refractivity contribution in [3.63, 3.8) is 0 Å². The topological polar surface area (TPSA) is 37.3 Å². The van der Waals surface area contributed by atoms with E-state index in [9.17, 15) is 9.90 Å². The number of fused-ring (bicyclic) bond motifs is 3. The van der Waals surface area contributed by atoms with E-state index in [0.29, 0.717) is 11.3 Å². The maximum Gasteiger partial charge on any atom is 0.120 e. The summed E-state index contributed by atoms with van der Waals surface area (Å²) in [4.78, 5) is 11.0. The summed E-state index contributed by atoms with van der Waals surface area (Å²) < 4.78 is 0. The van der Waals surface area contributed by atoms with Gasteiger partial charge in [0.05, 0.1) is 6.10 Å². The number of carbonyl (C=O) groups excluding carboxylic acids is 1. The number of aldehydes is 1. The third-order valence-electron chi connectivity index (χ3n) is 9.68. The predicted molar refractivity (Wildman–Crippen MR) is 117 cm³/mol. The molecule has 0 aromatic rings. The second-order valence-corrected chi connectivity index (χ2v) is 11.0. The van der Waals surface area contributed by atoms with Crippen LogP contribution in [0.2, 0.25) is 0 Å². The Morgan fingerprint density at radius 1 is 1.04 bits per heavy atom. The van der Waals surface area contributed by atoms with Gasteiger partial charge in [0, 0.05) is 6.42 Å². The van der Waals surface area contributed by atoms with Gasteiger partial charge in [-0.1, -0.05) is 40.5 Å². The van der Waals surface area contributed by atoms with Crippen LogP contribution in [0.5, 0.6) is 0 Å². The van der Waals surface area contributed by atoms with E-state index in [1.54, 1.807) is 0 Å². The zero-order valence-corrected chi connectivity index (χ0v) is 19.0. The number of hydrogen-bond acceptors (Lipinski definition) is 2. The monoisotopic (exact) mass is 390 g/mol. The first-order chi connectivity index (χ1) is 13.5. The second kappa shape index (κ2) is 9.63. The van der Waals surface area contributed by atoms with Crippen molar-refractivity contribution in [3.05, 3.63) is 0 Å². The third kappa shape index (κ3) is 4.23. The first-order valence-corrected chi connectivity index (χ1v) is 12.6. The third-order valence-corrected chi connectivity index (χ3v) is 9.68. The highest BCUT2D eigenvalue weighted by Gasteiger charge is 2.54. The van der Waals surface area contributed by atoms with Gasteiger partial charge in [-0.05, 0) is 105 Å². The Morgan fingerprint density at radius 3 is 2.46 bits per heavy atom. The van der Waals surface area contributed by atoms with Crippen LogP contribution in [0.25, 0.3) is 0 Å². The van der Waals surface area contributed by atoms with E-state index in [1.807, 2.05) is 0 Å². The molecule has 2 nitrogen and oxygen atoms in total. The highest BCUT2D eigenvalue weighted by Crippen LogP contribution is 2.62. The first kappa shape index (κ1) is 22.3. The van der Waals surface area contributed by atoms with E-state index in [1.165, 1.54) is 51.4 Å². The zero-order chi connectivity index (χ0) is 20.3. The molecule has 0 aromatic carbocycles. The first-order valence-electron chi connectivity index (χ1n) is 12.6. The standard InChI is InChI=1S/C26H46O2/c1-5-8-25(18(3)9-7-16-27)26(4)15-14-22-21-13-11-20(28)17-19(21)10-12-23(22)24(26)6-2/h16,18-25,28H,5-15,17H2,1-4H3/t18-,19?,20+,21?,22?,23?,24?,25?,26+/m1/s1. The molecule has 9 atom stereocenters. The largest absolute Gasteiger partial charge is 0.393 e. The van der Waals surface area contributed by atoms with Crippen molar-refractivity contribution in [1.29, 1.82) is 0 Å². The van der Waals surface area contributed by atoms with E-state index >= 15 is 0 Å². The minimum Gasteiger partial charge on any atom is -0.393 e. The fourth-order valence-electron chi connectivity index (χ4n) is 8.51. The molecule has 0 aromatic heterocycles. The molecule has 0 bridgehead atoms. The molecule has 3 aliphatic rings. The molecule has 0 amide bonds. The van der Waals surface area contributed by atoms with Gasteiger partial charge in [-0.25, -0.2) is 0 Å². The number of rotatable bonds is 8. The van der Waals surface area contributed by atoms with E-state index < -0.39 is 0 Å². The van der Waals surface area contributed by atoms with Crippen LogP contribution in [-0.4, -0.2) is 17.5 Å². The molecule has 3 fully saturated rings. The lowest BCUT2D eigenvalue weighted by Crippen LogP contribution is -2.52. The maximum absolute atomic E-state index is 11.0. The van der Waals surface area contributed by atoms with Crippen molar-refractivity contribution in [2.75, 3.05) is 0 Å². The van der Waals surface area contributed by atoms with Crippen LogP contribution in [0.15, 0.2) is 0 Å². The Labute approximate surface area is 174 Å². The van der Waals surface area contributed by atoms with Gasteiger partial charge in [-0.3, -0.25) is 0 Å². The summed E-state index contributed by atoms with van der Waals surface area (Å²) >= 11 is 0. The summed E-state index contributed by atoms with van der Waals surface area (Å²) in [5.41, 5.74) is 0.440. The van der Waals surface area contributed by atoms with Gasteiger partial charge in [0.2, 0.25) is 0 Å². The molecule has 3 rings (SSSR count). The molecule has 3 saturated carbocycles. The zero-order valence-electron chi connectivity index (χ0n) is 19.0. The van der Waals surface area contributed by atoms with Crippen molar-refractivity contribution in [2.45, 2.75) is 111 Å². The van der Waals surface area contributed by atoms with Crippen LogP contribution in [-0.2, 0) is 4.79 Å². The van der Waals surface area contributed by atoms with Gasteiger partial charge in [-0.15, -0.1) is 0 Å². The summed E-state index contributed by atoms with van der Waals surface area (Å²) in [7, 11) is 0. The van der Waals surface area contributed by atoms with Crippen molar-refractivity contribution in [2.24, 2.45) is 46.8 Å². The van der Waals surface area contributed by atoms with Gasteiger partial charge < -0.3 is 9.90 Å². The minimum atomic E-state index is -0.0266. The van der Waals surface area contributed by atoms with Gasteiger partial charge >= 0.3 is 0 Å². The lowest BCUT2D eigenvalue weighted by molar-refractivity contribution is -0.112. The molecular formula is C26H46O2. The summed E-state index contributed by atoms with van der Waals surface area (Å²) in [5.74, 6) is 5.75. The highest BCUT2D eigenvalue weighted by molar-refractivity contribution is 5.49. The number of aliphatic hydroxyl groups excluding tert-OH is 1. The van der Waals surface area contributed by atoms with Crippen LogP contribution >= 0.6 is 0 Å². The normalized spacial score (nSPS) is 42.9. The predicted octanol–water partition coefficient (Wildman–Crippen LogP) is 6.65. The van der Waals surface area contributed by atoms with Crippen molar-refractivity contribution in [1.82, 2.24) is 0 Å². The fraction of sp³-hybridized carbons (Fsp3) is 0.962. The average molecular weight is 391 g/mol. The smallest absolute Gasteiger partial charge is 0.120 e. The molecule has 0 heterocycles. The van der Waals surface area contributed by atoms with Crippen LogP contribution in [0.3, 0.4) is 0 Å². The van der Waals surface area contributed by atoms with Crippen LogP contribution in [0, 0.1) is 46.8 Å². The van der Waals surface area contributed by atoms with E-state index in [-0.39, 0.29) is 6.10 Å². The van der Waals surface area contributed by atoms with E-state index in [0.717, 1.165) is 67.5 Å². The maximum atomic E-state index is 11.0. The van der Waals surface area contributed by atoms with Crippen LogP contribution in [0.4, 0.5) is 0 Å². The molecule has 0 aliphatic heterocycles. The Morgan fingerprint density at radius 2 is 1.79 bits per heavy atom. The SMILES string of the molecule is CCCC([C@H](C)CCC=O)[C@@]1(C)CCC2C3CC[C@H](O)CC3CCC2C1CC. The summed E-state index contributed by atoms with van der Waals surface area (Å²) in [5, 5.41) is 10.2. The van der Waals surface area contributed by atoms with Crippen LogP contribution in [0.1, 0.15) is 105 Å². The summed E-state index contributed by atoms with van der Waals surface area (Å²) in [6.07, 6.45) is 15.7. The number of aliphatic hydroxyl groups is 1. The molecule has 0 saturated heterocycles. The molecule has 3 aliphatic carbocycles. The molecule has 162 valence electrons. The molecule has 28 heavy (non-hydrogen) atoms. The van der Waals surface area contributed by atoms with Gasteiger partial charge in [0.25, 0.3) is 0 Å². The van der Waals surface area contributed by atoms with E-state index in [2.05, 4.69) is 27.7 Å². The molecule has 6 unspecified atom stereocenters. The van der Waals surface area contributed by atoms with Gasteiger partial charge in [-0.2, -0.15) is 0 Å². The van der Waals surface area contributed by atoms with Crippen LogP contribution < -0.4 is 0 Å². The second-order valence-electron chi connectivity index (χ2n) is 11.0. The minimum absolute atomic E-state index is 0.0266. The highest BCUT2D eigenvalue weighted by atomic mass is 16.3. The van der Waals surface area contributed by atoms with E-state index in [4.69, 9.17) is 0 Å². The summed E-state index contributed by atoms with van der Waals surface area (Å²) in [6, 6.07) is 0. The lowest BCUT2D eigenvalue weighted by Gasteiger charge is -2.59. The molecule has 1 N–H and O–H groups in total. The molecule has 0 radical (unpaired) electrons. The van der Waals surface area contributed by atoms with Crippen molar-refractivity contribution < 1.29 is 9.90 Å². The molecular weight excluding hydrogens is 344 g/mol. The van der Waals surface area contributed by atoms with Gasteiger partial charge in [0.15, 0.2) is 0 Å². The Kier molecular flexibility index (Phi) is 7.67. The fourth-order valence-corrected chi connectivity index (χ4v) is 8.51. The molecule has 0 spiro atoms. The molecule has 2 heteroatoms. The number of carbonyl (C=O) groups is 1. The Hall–Kier alpha value is -0.370. The Bertz CT molecular complexity index is 503. The summed E-state index contributed by atoms with van der Waals surface area (Å²) in [6.45, 7) is 9.84. The Balaban J connectivity index is 1.80. The van der Waals surface area contributed by atoms with Gasteiger partial charge in [0.1, 0.15) is 6.29 Å².